The maximum Gasteiger partial charge on any atom is 0.203 e. The molecule has 102 valence electrons. The van der Waals surface area contributed by atoms with Crippen molar-refractivity contribution in [1.29, 1.82) is 0 Å². The Labute approximate surface area is 121 Å². The van der Waals surface area contributed by atoms with Gasteiger partial charge in [0.05, 0.1) is 5.39 Å². The van der Waals surface area contributed by atoms with Crippen molar-refractivity contribution in [3.63, 3.8) is 0 Å². The molecule has 0 saturated heterocycles. The molecule has 0 aliphatic heterocycles. The molecule has 21 heavy (non-hydrogen) atoms. The van der Waals surface area contributed by atoms with Crippen LogP contribution in [0.25, 0.3) is 23.1 Å². The summed E-state index contributed by atoms with van der Waals surface area (Å²) in [5.74, 6) is 0.276. The molecule has 0 amide bonds. The van der Waals surface area contributed by atoms with Crippen molar-refractivity contribution in [2.75, 3.05) is 0 Å². The number of rotatable bonds is 3. The smallest absolute Gasteiger partial charge is 0.203 e. The number of carbonyl (C=O) groups excluding carboxylic acids is 1. The first-order valence-electron chi connectivity index (χ1n) is 6.54. The molecule has 0 atom stereocenters. The third-order valence-corrected chi connectivity index (χ3v) is 3.21. The zero-order valence-corrected chi connectivity index (χ0v) is 11.2. The Hall–Kier alpha value is -2.94. The summed E-state index contributed by atoms with van der Waals surface area (Å²) in [6.07, 6.45) is 4.00. The Kier molecular flexibility index (Phi) is 3.48. The van der Waals surface area contributed by atoms with Crippen molar-refractivity contribution < 1.29 is 9.21 Å². The maximum atomic E-state index is 12.3. The number of fused-ring (bicyclic) bond motifs is 1. The van der Waals surface area contributed by atoms with Crippen LogP contribution in [0.5, 0.6) is 0 Å². The van der Waals surface area contributed by atoms with E-state index >= 15 is 0 Å². The summed E-state index contributed by atoms with van der Waals surface area (Å²) in [5.41, 5.74) is 1.17. The Morgan fingerprint density at radius 2 is 1.57 bits per heavy atom. The van der Waals surface area contributed by atoms with E-state index in [2.05, 4.69) is 0 Å². The van der Waals surface area contributed by atoms with Crippen molar-refractivity contribution in [3.8, 4) is 0 Å². The van der Waals surface area contributed by atoms with Crippen LogP contribution < -0.4 is 5.43 Å². The number of hydrogen-bond acceptors (Lipinski definition) is 3. The second-order valence-corrected chi connectivity index (χ2v) is 4.57. The molecule has 0 spiro atoms. The molecule has 0 N–H and O–H groups in total. The van der Waals surface area contributed by atoms with E-state index in [-0.39, 0.29) is 16.8 Å². The molecule has 0 unspecified atom stereocenters. The minimum atomic E-state index is -0.306. The van der Waals surface area contributed by atoms with Gasteiger partial charge in [0.2, 0.25) is 5.43 Å². The predicted octanol–water partition coefficient (Wildman–Crippen LogP) is 3.78. The van der Waals surface area contributed by atoms with Crippen LogP contribution in [0, 0.1) is 0 Å². The third-order valence-electron chi connectivity index (χ3n) is 3.21. The van der Waals surface area contributed by atoms with Crippen LogP contribution in [0.3, 0.4) is 0 Å². The van der Waals surface area contributed by atoms with Crippen LogP contribution in [0.2, 0.25) is 0 Å². The minimum absolute atomic E-state index is 0.0425. The molecule has 3 aromatic rings. The molecule has 0 bridgehead atoms. The Morgan fingerprint density at radius 3 is 2.33 bits per heavy atom. The molecular formula is C18H12O3. The number of carbonyl (C=O) groups is 1. The molecule has 1 aromatic heterocycles. The van der Waals surface area contributed by atoms with Crippen LogP contribution in [-0.2, 0) is 0 Å². The Balaban J connectivity index is 2.16. The first-order chi connectivity index (χ1) is 10.3. The summed E-state index contributed by atoms with van der Waals surface area (Å²) < 4.78 is 5.67. The van der Waals surface area contributed by atoms with Gasteiger partial charge >= 0.3 is 0 Å². The predicted molar refractivity (Wildman–Crippen MR) is 83.2 cm³/mol. The monoisotopic (exact) mass is 276 g/mol. The van der Waals surface area contributed by atoms with Crippen LogP contribution >= 0.6 is 0 Å². The van der Waals surface area contributed by atoms with E-state index in [1.807, 2.05) is 30.3 Å². The molecule has 1 heterocycles. The highest BCUT2D eigenvalue weighted by Crippen LogP contribution is 2.17. The van der Waals surface area contributed by atoms with Crippen molar-refractivity contribution in [2.24, 2.45) is 0 Å². The van der Waals surface area contributed by atoms with Gasteiger partial charge in [-0.1, -0.05) is 48.5 Å². The largest absolute Gasteiger partial charge is 0.456 e. The van der Waals surface area contributed by atoms with Crippen molar-refractivity contribution in [2.45, 2.75) is 0 Å². The molecule has 2 aromatic carbocycles. The molecule has 0 aliphatic rings. The number of aldehydes is 1. The second kappa shape index (κ2) is 5.59. The lowest BCUT2D eigenvalue weighted by atomic mass is 10.1. The van der Waals surface area contributed by atoms with E-state index in [0.29, 0.717) is 17.3 Å². The molecule has 0 radical (unpaired) electrons. The summed E-state index contributed by atoms with van der Waals surface area (Å²) in [4.78, 5) is 23.5. The van der Waals surface area contributed by atoms with E-state index in [0.717, 1.165) is 5.56 Å². The van der Waals surface area contributed by atoms with E-state index < -0.39 is 0 Å². The molecule has 0 fully saturated rings. The topological polar surface area (TPSA) is 47.3 Å². The molecular weight excluding hydrogens is 264 g/mol. The van der Waals surface area contributed by atoms with Crippen molar-refractivity contribution >= 4 is 29.4 Å². The third kappa shape index (κ3) is 2.54. The van der Waals surface area contributed by atoms with Gasteiger partial charge in [-0.2, -0.15) is 0 Å². The molecule has 0 aliphatic carbocycles. The molecule has 3 nitrogen and oxygen atoms in total. The van der Waals surface area contributed by atoms with E-state index in [1.54, 1.807) is 36.4 Å². The van der Waals surface area contributed by atoms with Crippen LogP contribution in [0.1, 0.15) is 21.7 Å². The zero-order chi connectivity index (χ0) is 14.7. The van der Waals surface area contributed by atoms with E-state index in [1.165, 1.54) is 0 Å². The van der Waals surface area contributed by atoms with Gasteiger partial charge in [0.25, 0.3) is 0 Å². The standard InChI is InChI=1S/C18H12O3/c19-12-15-17(11-10-13-6-2-1-3-7-13)21-16-9-5-4-8-14(16)18(15)20/h1-12H/b11-10+. The first-order valence-corrected chi connectivity index (χ1v) is 6.54. The minimum Gasteiger partial charge on any atom is -0.456 e. The van der Waals surface area contributed by atoms with Crippen LogP contribution in [0.4, 0.5) is 0 Å². The highest BCUT2D eigenvalue weighted by Gasteiger charge is 2.11. The van der Waals surface area contributed by atoms with E-state index in [9.17, 15) is 9.59 Å². The zero-order valence-electron chi connectivity index (χ0n) is 11.2. The number of benzene rings is 2. The lowest BCUT2D eigenvalue weighted by Crippen LogP contribution is -2.10. The Morgan fingerprint density at radius 1 is 0.857 bits per heavy atom. The lowest BCUT2D eigenvalue weighted by Gasteiger charge is -2.02. The van der Waals surface area contributed by atoms with Crippen molar-refractivity contribution in [3.05, 3.63) is 81.7 Å². The Bertz CT molecular complexity index is 874. The lowest BCUT2D eigenvalue weighted by molar-refractivity contribution is 0.112. The number of para-hydroxylation sites is 1. The highest BCUT2D eigenvalue weighted by molar-refractivity contribution is 5.89. The fraction of sp³-hybridized carbons (Fsp3) is 0. The van der Waals surface area contributed by atoms with Gasteiger partial charge in [0, 0.05) is 0 Å². The first kappa shape index (κ1) is 13.1. The van der Waals surface area contributed by atoms with Gasteiger partial charge in [-0.15, -0.1) is 0 Å². The van der Waals surface area contributed by atoms with E-state index in [4.69, 9.17) is 4.42 Å². The summed E-state index contributed by atoms with van der Waals surface area (Å²) in [5, 5.41) is 0.413. The number of hydrogen-bond donors (Lipinski definition) is 0. The van der Waals surface area contributed by atoms with Crippen molar-refractivity contribution in [1.82, 2.24) is 0 Å². The SMILES string of the molecule is O=Cc1c(/C=C/c2ccccc2)oc2ccccc2c1=O. The van der Waals surface area contributed by atoms with Gasteiger partial charge in [0.15, 0.2) is 6.29 Å². The maximum absolute atomic E-state index is 12.3. The average Bonchev–Trinajstić information content (AvgIpc) is 2.54. The summed E-state index contributed by atoms with van der Waals surface area (Å²) in [6.45, 7) is 0. The van der Waals surface area contributed by atoms with Crippen LogP contribution in [-0.4, -0.2) is 6.29 Å². The van der Waals surface area contributed by atoms with Gasteiger partial charge in [0.1, 0.15) is 16.9 Å². The van der Waals surface area contributed by atoms with Gasteiger partial charge in [-0.05, 0) is 23.8 Å². The van der Waals surface area contributed by atoms with Crippen LogP contribution in [0.15, 0.2) is 63.8 Å². The summed E-state index contributed by atoms with van der Waals surface area (Å²) in [6, 6.07) is 16.5. The van der Waals surface area contributed by atoms with Gasteiger partial charge in [-0.25, -0.2) is 0 Å². The highest BCUT2D eigenvalue weighted by atomic mass is 16.3. The fourth-order valence-corrected chi connectivity index (χ4v) is 2.15. The molecule has 3 heteroatoms. The normalized spacial score (nSPS) is 11.0. The average molecular weight is 276 g/mol. The quantitative estimate of drug-likeness (QED) is 0.684. The summed E-state index contributed by atoms with van der Waals surface area (Å²) in [7, 11) is 0. The fourth-order valence-electron chi connectivity index (χ4n) is 2.15. The summed E-state index contributed by atoms with van der Waals surface area (Å²) >= 11 is 0. The molecule has 0 saturated carbocycles. The second-order valence-electron chi connectivity index (χ2n) is 4.57. The van der Waals surface area contributed by atoms with Gasteiger partial charge < -0.3 is 4.42 Å². The molecule has 3 rings (SSSR count). The van der Waals surface area contributed by atoms with Gasteiger partial charge in [-0.3, -0.25) is 9.59 Å².